The van der Waals surface area contributed by atoms with E-state index in [0.717, 1.165) is 12.1 Å². The van der Waals surface area contributed by atoms with Gasteiger partial charge in [0.05, 0.1) is 19.0 Å². The highest BCUT2D eigenvalue weighted by atomic mass is 32.2. The summed E-state index contributed by atoms with van der Waals surface area (Å²) in [6.45, 7) is 2.68. The number of nitrogens with one attached hydrogen (secondary N) is 1. The minimum Gasteiger partial charge on any atom is -0.495 e. The van der Waals surface area contributed by atoms with E-state index in [2.05, 4.69) is 9.82 Å². The van der Waals surface area contributed by atoms with E-state index >= 15 is 0 Å². The van der Waals surface area contributed by atoms with Crippen LogP contribution in [0.3, 0.4) is 0 Å². The van der Waals surface area contributed by atoms with Crippen molar-refractivity contribution in [2.75, 3.05) is 11.8 Å². The smallest absolute Gasteiger partial charge is 0.265 e. The molecule has 1 heterocycles. The molecule has 0 unspecified atom stereocenters. The molecule has 1 saturated carbocycles. The summed E-state index contributed by atoms with van der Waals surface area (Å²) in [6.07, 6.45) is 5.70. The molecule has 118 valence electrons. The number of sulfonamides is 1. The summed E-state index contributed by atoms with van der Waals surface area (Å²) in [7, 11) is -2.25. The van der Waals surface area contributed by atoms with E-state index in [1.165, 1.54) is 26.1 Å². The van der Waals surface area contributed by atoms with Crippen LogP contribution in [0.1, 0.15) is 18.4 Å². The minimum absolute atomic E-state index is 0.130. The Bertz CT molecular complexity index is 779. The summed E-state index contributed by atoms with van der Waals surface area (Å²) in [6, 6.07) is 5.06. The van der Waals surface area contributed by atoms with E-state index in [1.807, 2.05) is 13.0 Å². The van der Waals surface area contributed by atoms with E-state index in [1.54, 1.807) is 23.0 Å². The lowest BCUT2D eigenvalue weighted by molar-refractivity contribution is 0.402. The second-order valence-electron chi connectivity index (χ2n) is 5.65. The quantitative estimate of drug-likeness (QED) is 0.887. The van der Waals surface area contributed by atoms with Crippen LogP contribution in [-0.4, -0.2) is 25.3 Å². The summed E-state index contributed by atoms with van der Waals surface area (Å²) in [5.41, 5.74) is 1.31. The normalized spacial score (nSPS) is 14.8. The van der Waals surface area contributed by atoms with Crippen LogP contribution in [0.15, 0.2) is 35.5 Å². The lowest BCUT2D eigenvalue weighted by Gasteiger charge is -2.11. The first-order valence-electron chi connectivity index (χ1n) is 7.18. The third kappa shape index (κ3) is 3.24. The van der Waals surface area contributed by atoms with Gasteiger partial charge in [-0.3, -0.25) is 9.40 Å². The lowest BCUT2D eigenvalue weighted by Crippen LogP contribution is -2.14. The number of aryl methyl sites for hydroxylation is 1. The van der Waals surface area contributed by atoms with Crippen LogP contribution >= 0.6 is 0 Å². The molecule has 0 bridgehead atoms. The van der Waals surface area contributed by atoms with Crippen molar-refractivity contribution in [3.8, 4) is 5.75 Å². The van der Waals surface area contributed by atoms with E-state index in [4.69, 9.17) is 4.74 Å². The molecule has 0 amide bonds. The number of rotatable bonds is 6. The fourth-order valence-electron chi connectivity index (χ4n) is 2.29. The van der Waals surface area contributed by atoms with E-state index in [0.29, 0.717) is 17.4 Å². The van der Waals surface area contributed by atoms with Gasteiger partial charge in [0, 0.05) is 12.7 Å². The number of methoxy groups -OCH3 is 1. The highest BCUT2D eigenvalue weighted by Gasteiger charge is 2.23. The van der Waals surface area contributed by atoms with Crippen LogP contribution in [0.2, 0.25) is 0 Å². The SMILES string of the molecule is COc1ccc(C)cc1S(=O)(=O)Nc1cnn(CC2CC2)c1. The molecule has 1 aliphatic rings. The number of hydrogen-bond acceptors (Lipinski definition) is 4. The van der Waals surface area contributed by atoms with Crippen molar-refractivity contribution >= 4 is 15.7 Å². The van der Waals surface area contributed by atoms with Gasteiger partial charge in [-0.1, -0.05) is 6.07 Å². The van der Waals surface area contributed by atoms with E-state index < -0.39 is 10.0 Å². The van der Waals surface area contributed by atoms with Crippen molar-refractivity contribution < 1.29 is 13.2 Å². The zero-order valence-corrected chi connectivity index (χ0v) is 13.4. The zero-order valence-electron chi connectivity index (χ0n) is 12.6. The molecule has 0 aliphatic heterocycles. The Morgan fingerprint density at radius 1 is 1.41 bits per heavy atom. The van der Waals surface area contributed by atoms with Gasteiger partial charge >= 0.3 is 0 Å². The van der Waals surface area contributed by atoms with E-state index in [9.17, 15) is 8.42 Å². The van der Waals surface area contributed by atoms with Crippen LogP contribution in [0.5, 0.6) is 5.75 Å². The maximum absolute atomic E-state index is 12.5. The molecule has 1 N–H and O–H groups in total. The van der Waals surface area contributed by atoms with Gasteiger partial charge in [-0.15, -0.1) is 0 Å². The van der Waals surface area contributed by atoms with Gasteiger partial charge in [-0.05, 0) is 43.4 Å². The summed E-state index contributed by atoms with van der Waals surface area (Å²) in [5, 5.41) is 4.19. The monoisotopic (exact) mass is 321 g/mol. The summed E-state index contributed by atoms with van der Waals surface area (Å²) < 4.78 is 34.6. The zero-order chi connectivity index (χ0) is 15.7. The maximum Gasteiger partial charge on any atom is 0.265 e. The van der Waals surface area contributed by atoms with Gasteiger partial charge in [-0.25, -0.2) is 8.42 Å². The third-order valence-electron chi connectivity index (χ3n) is 3.64. The molecule has 2 aromatic rings. The van der Waals surface area contributed by atoms with Crippen LogP contribution in [-0.2, 0) is 16.6 Å². The molecule has 22 heavy (non-hydrogen) atoms. The molecule has 0 radical (unpaired) electrons. The first-order chi connectivity index (χ1) is 10.5. The molecular formula is C15H19N3O3S. The molecular weight excluding hydrogens is 302 g/mol. The fraction of sp³-hybridized carbons (Fsp3) is 0.400. The molecule has 0 spiro atoms. The maximum atomic E-state index is 12.5. The highest BCUT2D eigenvalue weighted by Crippen LogP contribution is 2.31. The van der Waals surface area contributed by atoms with Crippen molar-refractivity contribution in [3.63, 3.8) is 0 Å². The molecule has 1 aromatic heterocycles. The molecule has 7 heteroatoms. The number of hydrogen-bond donors (Lipinski definition) is 1. The number of benzene rings is 1. The van der Waals surface area contributed by atoms with Gasteiger partial charge in [0.25, 0.3) is 10.0 Å². The largest absolute Gasteiger partial charge is 0.495 e. The average molecular weight is 321 g/mol. The van der Waals surface area contributed by atoms with Gasteiger partial charge < -0.3 is 4.74 Å². The summed E-state index contributed by atoms with van der Waals surface area (Å²) in [4.78, 5) is 0.130. The summed E-state index contributed by atoms with van der Waals surface area (Å²) in [5.74, 6) is 1.00. The molecule has 3 rings (SSSR count). The van der Waals surface area contributed by atoms with Crippen LogP contribution < -0.4 is 9.46 Å². The van der Waals surface area contributed by atoms with Crippen molar-refractivity contribution in [3.05, 3.63) is 36.2 Å². The van der Waals surface area contributed by atoms with Crippen molar-refractivity contribution in [2.24, 2.45) is 5.92 Å². The standard InChI is InChI=1S/C15H19N3O3S/c1-11-3-6-14(21-2)15(7-11)22(19,20)17-13-8-16-18(10-13)9-12-4-5-12/h3,6-8,10,12,17H,4-5,9H2,1-2H3. The Morgan fingerprint density at radius 3 is 2.86 bits per heavy atom. The fourth-order valence-corrected chi connectivity index (χ4v) is 3.57. The molecule has 0 saturated heterocycles. The Hall–Kier alpha value is -2.02. The first-order valence-corrected chi connectivity index (χ1v) is 8.66. The summed E-state index contributed by atoms with van der Waals surface area (Å²) >= 11 is 0. The van der Waals surface area contributed by atoms with Gasteiger partial charge in [0.1, 0.15) is 10.6 Å². The predicted octanol–water partition coefficient (Wildman–Crippen LogP) is 2.41. The molecule has 1 aromatic carbocycles. The Balaban J connectivity index is 1.83. The lowest BCUT2D eigenvalue weighted by atomic mass is 10.2. The van der Waals surface area contributed by atoms with Gasteiger partial charge in [0.15, 0.2) is 0 Å². The minimum atomic E-state index is -3.71. The predicted molar refractivity (Wildman–Crippen MR) is 83.5 cm³/mol. The van der Waals surface area contributed by atoms with Crippen molar-refractivity contribution in [2.45, 2.75) is 31.2 Å². The van der Waals surface area contributed by atoms with Crippen molar-refractivity contribution in [1.82, 2.24) is 9.78 Å². The Labute approximate surface area is 130 Å². The van der Waals surface area contributed by atoms with E-state index in [-0.39, 0.29) is 4.90 Å². The Kier molecular flexibility index (Phi) is 3.82. The number of ether oxygens (including phenoxy) is 1. The van der Waals surface area contributed by atoms with Gasteiger partial charge in [-0.2, -0.15) is 5.10 Å². The number of nitrogens with zero attached hydrogens (tertiary/aromatic N) is 2. The highest BCUT2D eigenvalue weighted by molar-refractivity contribution is 7.92. The molecule has 0 atom stereocenters. The van der Waals surface area contributed by atoms with Gasteiger partial charge in [0.2, 0.25) is 0 Å². The third-order valence-corrected chi connectivity index (χ3v) is 5.04. The Morgan fingerprint density at radius 2 is 2.18 bits per heavy atom. The second-order valence-corrected chi connectivity index (χ2v) is 7.31. The number of aromatic nitrogens is 2. The molecule has 6 nitrogen and oxygen atoms in total. The molecule has 1 fully saturated rings. The average Bonchev–Trinajstić information content (AvgIpc) is 3.18. The first kappa shape index (κ1) is 14.9. The second kappa shape index (κ2) is 5.64. The van der Waals surface area contributed by atoms with Crippen LogP contribution in [0.25, 0.3) is 0 Å². The molecule has 1 aliphatic carbocycles. The van der Waals surface area contributed by atoms with Crippen LogP contribution in [0.4, 0.5) is 5.69 Å². The van der Waals surface area contributed by atoms with Crippen molar-refractivity contribution in [1.29, 1.82) is 0 Å². The topological polar surface area (TPSA) is 73.2 Å². The van der Waals surface area contributed by atoms with Crippen LogP contribution in [0, 0.1) is 12.8 Å². The number of anilines is 1.